The largest absolute Gasteiger partial charge is 0.412 e. The van der Waals surface area contributed by atoms with E-state index in [2.05, 4.69) is 20.9 Å². The van der Waals surface area contributed by atoms with E-state index in [1.807, 2.05) is 18.2 Å². The van der Waals surface area contributed by atoms with Gasteiger partial charge in [-0.3, -0.25) is 0 Å². The van der Waals surface area contributed by atoms with Crippen LogP contribution in [0.25, 0.3) is 10.2 Å². The van der Waals surface area contributed by atoms with E-state index in [4.69, 9.17) is 5.73 Å². The summed E-state index contributed by atoms with van der Waals surface area (Å²) in [4.78, 5) is 4.13. The molecule has 12 heavy (non-hydrogen) atoms. The van der Waals surface area contributed by atoms with Crippen molar-refractivity contribution in [1.29, 1.82) is 0 Å². The smallest absolute Gasteiger partial charge is 0.181 e. The molecule has 0 radical (unpaired) electrons. The molecule has 2 rings (SSSR count). The number of aromatic nitrogens is 1. The lowest BCUT2D eigenvalue weighted by Crippen LogP contribution is -1.78. The van der Waals surface area contributed by atoms with Crippen LogP contribution >= 0.6 is 27.3 Å². The summed E-state index contributed by atoms with van der Waals surface area (Å²) in [5, 5.41) is 0.623. The van der Waals surface area contributed by atoms with Crippen molar-refractivity contribution in [2.75, 3.05) is 5.73 Å². The zero-order chi connectivity index (χ0) is 7.84. The standard InChI is InChI=1S/C7H5BrN2S.H2O/c8-4-1-2-5-6(3-4)11-7(9)10-5;/h1-3H,(H2,9,10);1H2. The van der Waals surface area contributed by atoms with Gasteiger partial charge in [0.25, 0.3) is 0 Å². The van der Waals surface area contributed by atoms with Crippen LogP contribution in [0.2, 0.25) is 0 Å². The lowest BCUT2D eigenvalue weighted by Gasteiger charge is -1.86. The van der Waals surface area contributed by atoms with Gasteiger partial charge in [0.2, 0.25) is 0 Å². The molecule has 0 atom stereocenters. The highest BCUT2D eigenvalue weighted by Gasteiger charge is 1.99. The van der Waals surface area contributed by atoms with Crippen LogP contribution in [0.5, 0.6) is 0 Å². The Kier molecular flexibility index (Phi) is 2.66. The van der Waals surface area contributed by atoms with Gasteiger partial charge < -0.3 is 11.2 Å². The Morgan fingerprint density at radius 1 is 1.42 bits per heavy atom. The number of nitrogens with zero attached hydrogens (tertiary/aromatic N) is 1. The molecule has 1 heterocycles. The number of anilines is 1. The summed E-state index contributed by atoms with van der Waals surface area (Å²) >= 11 is 4.88. The monoisotopic (exact) mass is 246 g/mol. The van der Waals surface area contributed by atoms with E-state index in [1.165, 1.54) is 11.3 Å². The van der Waals surface area contributed by atoms with Crippen LogP contribution in [0.3, 0.4) is 0 Å². The van der Waals surface area contributed by atoms with Crippen LogP contribution in [0, 0.1) is 0 Å². The van der Waals surface area contributed by atoms with Gasteiger partial charge in [-0.25, -0.2) is 4.98 Å². The zero-order valence-electron chi connectivity index (χ0n) is 6.04. The topological polar surface area (TPSA) is 70.4 Å². The first-order chi connectivity index (χ1) is 5.25. The van der Waals surface area contributed by atoms with Gasteiger partial charge in [0.1, 0.15) is 0 Å². The van der Waals surface area contributed by atoms with Gasteiger partial charge in [-0.05, 0) is 18.2 Å². The van der Waals surface area contributed by atoms with E-state index < -0.39 is 0 Å². The Morgan fingerprint density at radius 3 is 2.92 bits per heavy atom. The second-order valence-electron chi connectivity index (χ2n) is 2.16. The molecule has 2 aromatic rings. The van der Waals surface area contributed by atoms with Gasteiger partial charge >= 0.3 is 0 Å². The third-order valence-corrected chi connectivity index (χ3v) is 2.71. The average molecular weight is 247 g/mol. The van der Waals surface area contributed by atoms with Crippen LogP contribution < -0.4 is 5.73 Å². The summed E-state index contributed by atoms with van der Waals surface area (Å²) in [6.07, 6.45) is 0. The molecule has 0 amide bonds. The van der Waals surface area contributed by atoms with Crippen LogP contribution in [-0.2, 0) is 0 Å². The van der Waals surface area contributed by atoms with Crippen LogP contribution in [0.1, 0.15) is 0 Å². The van der Waals surface area contributed by atoms with E-state index in [1.54, 1.807) is 0 Å². The minimum Gasteiger partial charge on any atom is -0.412 e. The maximum atomic E-state index is 5.53. The lowest BCUT2D eigenvalue weighted by atomic mass is 10.3. The van der Waals surface area contributed by atoms with Gasteiger partial charge in [-0.15, -0.1) is 0 Å². The number of hydrogen-bond acceptors (Lipinski definition) is 3. The van der Waals surface area contributed by atoms with Crippen molar-refractivity contribution >= 4 is 42.6 Å². The molecular formula is C7H7BrN2OS. The number of thiazole rings is 1. The van der Waals surface area contributed by atoms with Gasteiger partial charge in [-0.1, -0.05) is 27.3 Å². The molecule has 0 aliphatic rings. The van der Waals surface area contributed by atoms with Gasteiger partial charge in [0.15, 0.2) is 5.13 Å². The molecule has 3 nitrogen and oxygen atoms in total. The lowest BCUT2D eigenvalue weighted by molar-refractivity contribution is 0.824. The number of nitrogen functional groups attached to an aromatic ring is 1. The Balaban J connectivity index is 0.000000720. The van der Waals surface area contributed by atoms with Crippen molar-refractivity contribution in [3.05, 3.63) is 22.7 Å². The summed E-state index contributed by atoms with van der Waals surface area (Å²) in [6, 6.07) is 5.93. The van der Waals surface area contributed by atoms with Crippen molar-refractivity contribution in [3.63, 3.8) is 0 Å². The molecular weight excluding hydrogens is 240 g/mol. The van der Waals surface area contributed by atoms with Gasteiger partial charge in [-0.2, -0.15) is 0 Å². The van der Waals surface area contributed by atoms with Crippen molar-refractivity contribution in [3.8, 4) is 0 Å². The molecule has 1 aromatic carbocycles. The molecule has 0 saturated heterocycles. The van der Waals surface area contributed by atoms with Crippen LogP contribution in [0.4, 0.5) is 5.13 Å². The minimum absolute atomic E-state index is 0. The Morgan fingerprint density at radius 2 is 2.17 bits per heavy atom. The highest BCUT2D eigenvalue weighted by molar-refractivity contribution is 9.10. The van der Waals surface area contributed by atoms with Crippen molar-refractivity contribution in [2.45, 2.75) is 0 Å². The molecule has 0 aliphatic heterocycles. The summed E-state index contributed by atoms with van der Waals surface area (Å²) in [5.41, 5.74) is 6.50. The molecule has 0 fully saturated rings. The maximum Gasteiger partial charge on any atom is 0.181 e. The minimum atomic E-state index is 0. The summed E-state index contributed by atoms with van der Waals surface area (Å²) in [5.74, 6) is 0. The Hall–Kier alpha value is -0.650. The fraction of sp³-hybridized carbons (Fsp3) is 0. The normalized spacial score (nSPS) is 9.75. The number of nitrogens with two attached hydrogens (primary N) is 1. The molecule has 0 spiro atoms. The van der Waals surface area contributed by atoms with Gasteiger partial charge in [0, 0.05) is 4.47 Å². The third kappa shape index (κ3) is 1.57. The number of fused-ring (bicyclic) bond motifs is 1. The van der Waals surface area contributed by atoms with E-state index in [0.717, 1.165) is 14.7 Å². The predicted octanol–water partition coefficient (Wildman–Crippen LogP) is 1.82. The first kappa shape index (κ1) is 9.44. The van der Waals surface area contributed by atoms with Crippen LogP contribution in [-0.4, -0.2) is 10.5 Å². The quantitative estimate of drug-likeness (QED) is 0.771. The zero-order valence-corrected chi connectivity index (χ0v) is 8.45. The highest BCUT2D eigenvalue weighted by Crippen LogP contribution is 2.26. The molecule has 0 saturated carbocycles. The van der Waals surface area contributed by atoms with E-state index in [0.29, 0.717) is 5.13 Å². The van der Waals surface area contributed by atoms with Crippen molar-refractivity contribution < 1.29 is 5.48 Å². The number of benzene rings is 1. The highest BCUT2D eigenvalue weighted by atomic mass is 79.9. The number of halogens is 1. The number of hydrogen-bond donors (Lipinski definition) is 1. The van der Waals surface area contributed by atoms with E-state index in [9.17, 15) is 0 Å². The molecule has 5 heteroatoms. The number of rotatable bonds is 0. The molecule has 0 unspecified atom stereocenters. The fourth-order valence-electron chi connectivity index (χ4n) is 0.916. The van der Waals surface area contributed by atoms with Crippen molar-refractivity contribution in [2.24, 2.45) is 0 Å². The average Bonchev–Trinajstić information content (AvgIpc) is 2.27. The van der Waals surface area contributed by atoms with Crippen molar-refractivity contribution in [1.82, 2.24) is 4.98 Å². The molecule has 4 N–H and O–H groups in total. The third-order valence-electron chi connectivity index (χ3n) is 1.37. The molecule has 64 valence electrons. The molecule has 0 bridgehead atoms. The van der Waals surface area contributed by atoms with Gasteiger partial charge in [0.05, 0.1) is 10.2 Å². The predicted molar refractivity (Wildman–Crippen MR) is 55.3 cm³/mol. The Labute approximate surface area is 81.7 Å². The second-order valence-corrected chi connectivity index (χ2v) is 4.14. The van der Waals surface area contributed by atoms with E-state index >= 15 is 0 Å². The van der Waals surface area contributed by atoms with Crippen LogP contribution in [0.15, 0.2) is 22.7 Å². The molecule has 1 aromatic heterocycles. The summed E-state index contributed by atoms with van der Waals surface area (Å²) in [6.45, 7) is 0. The summed E-state index contributed by atoms with van der Waals surface area (Å²) in [7, 11) is 0. The van der Waals surface area contributed by atoms with E-state index in [-0.39, 0.29) is 5.48 Å². The Bertz CT molecular complexity index is 401. The molecule has 0 aliphatic carbocycles. The first-order valence-corrected chi connectivity index (χ1v) is 4.68. The maximum absolute atomic E-state index is 5.53. The SMILES string of the molecule is Nc1nc2ccc(Br)cc2s1.O. The first-order valence-electron chi connectivity index (χ1n) is 3.07. The summed E-state index contributed by atoms with van der Waals surface area (Å²) < 4.78 is 2.19. The fourth-order valence-corrected chi connectivity index (χ4v) is 2.20. The second kappa shape index (κ2) is 3.38.